The maximum absolute atomic E-state index is 4.32. The zero-order chi connectivity index (χ0) is 13.8. The molecule has 1 saturated heterocycles. The molecule has 0 aliphatic carbocycles. The first-order chi connectivity index (χ1) is 9.83. The van der Waals surface area contributed by atoms with Crippen molar-refractivity contribution in [1.29, 1.82) is 0 Å². The van der Waals surface area contributed by atoms with Gasteiger partial charge in [0.25, 0.3) is 0 Å². The van der Waals surface area contributed by atoms with E-state index in [9.17, 15) is 0 Å². The van der Waals surface area contributed by atoms with E-state index in [1.165, 1.54) is 5.56 Å². The van der Waals surface area contributed by atoms with Gasteiger partial charge in [-0.05, 0) is 48.2 Å². The number of piperidine rings is 1. The molecule has 20 heavy (non-hydrogen) atoms. The Morgan fingerprint density at radius 1 is 1.30 bits per heavy atom. The zero-order valence-corrected chi connectivity index (χ0v) is 12.5. The Balaban J connectivity index is 1.51. The molecular weight excluding hydrogens is 268 g/mol. The summed E-state index contributed by atoms with van der Waals surface area (Å²) in [5.41, 5.74) is 1.39. The molecule has 0 aromatic carbocycles. The number of anilines is 1. The van der Waals surface area contributed by atoms with Gasteiger partial charge in [-0.2, -0.15) is 11.3 Å². The van der Waals surface area contributed by atoms with Gasteiger partial charge in [0.1, 0.15) is 0 Å². The first-order valence-corrected chi connectivity index (χ1v) is 8.07. The van der Waals surface area contributed by atoms with E-state index >= 15 is 0 Å². The fourth-order valence-corrected chi connectivity index (χ4v) is 3.43. The Hall–Kier alpha value is -1.46. The first-order valence-electron chi connectivity index (χ1n) is 7.13. The van der Waals surface area contributed by atoms with Crippen molar-refractivity contribution in [2.75, 3.05) is 18.0 Å². The molecule has 2 aromatic heterocycles. The van der Waals surface area contributed by atoms with Crippen molar-refractivity contribution < 1.29 is 0 Å². The summed E-state index contributed by atoms with van der Waals surface area (Å²) < 4.78 is 0. The van der Waals surface area contributed by atoms with E-state index in [4.69, 9.17) is 0 Å². The van der Waals surface area contributed by atoms with Gasteiger partial charge in [0.05, 0.1) is 0 Å². The molecule has 1 fully saturated rings. The number of thiophene rings is 1. The van der Waals surface area contributed by atoms with Gasteiger partial charge in [-0.25, -0.2) is 9.97 Å². The summed E-state index contributed by atoms with van der Waals surface area (Å²) in [5, 5.41) is 8.10. The van der Waals surface area contributed by atoms with Crippen LogP contribution in [0.1, 0.15) is 31.4 Å². The van der Waals surface area contributed by atoms with Gasteiger partial charge in [0, 0.05) is 37.6 Å². The van der Waals surface area contributed by atoms with Crippen LogP contribution in [0, 0.1) is 0 Å². The Labute approximate surface area is 123 Å². The molecule has 0 spiro atoms. The highest BCUT2D eigenvalue weighted by Gasteiger charge is 2.22. The summed E-state index contributed by atoms with van der Waals surface area (Å²) in [5.74, 6) is 0.858. The van der Waals surface area contributed by atoms with E-state index in [1.807, 2.05) is 18.5 Å². The third kappa shape index (κ3) is 3.16. The van der Waals surface area contributed by atoms with Crippen molar-refractivity contribution in [3.8, 4) is 0 Å². The van der Waals surface area contributed by atoms with Gasteiger partial charge < -0.3 is 10.2 Å². The predicted octanol–water partition coefficient (Wildman–Crippen LogP) is 2.86. The second-order valence-electron chi connectivity index (χ2n) is 5.26. The summed E-state index contributed by atoms with van der Waals surface area (Å²) in [4.78, 5) is 10.9. The minimum Gasteiger partial charge on any atom is -0.341 e. The molecule has 2 aromatic rings. The molecule has 0 bridgehead atoms. The lowest BCUT2D eigenvalue weighted by Crippen LogP contribution is -2.43. The molecule has 1 N–H and O–H groups in total. The molecule has 0 radical (unpaired) electrons. The summed E-state index contributed by atoms with van der Waals surface area (Å²) in [6.07, 6.45) is 5.91. The third-order valence-corrected chi connectivity index (χ3v) is 4.56. The van der Waals surface area contributed by atoms with Crippen molar-refractivity contribution >= 4 is 17.3 Å². The number of nitrogens with zero attached hydrogens (tertiary/aromatic N) is 3. The summed E-state index contributed by atoms with van der Waals surface area (Å²) in [6.45, 7) is 4.30. The monoisotopic (exact) mass is 288 g/mol. The lowest BCUT2D eigenvalue weighted by Gasteiger charge is -2.33. The van der Waals surface area contributed by atoms with Gasteiger partial charge in [0.15, 0.2) is 0 Å². The standard InChI is InChI=1S/C15H20N4S/c1-12(13-5-10-20-11-13)18-14-3-8-19(9-4-14)15-16-6-2-7-17-15/h2,5-7,10-12,14,18H,3-4,8-9H2,1H3. The maximum atomic E-state index is 4.32. The largest absolute Gasteiger partial charge is 0.341 e. The summed E-state index contributed by atoms with van der Waals surface area (Å²) in [7, 11) is 0. The molecule has 1 atom stereocenters. The average Bonchev–Trinajstić information content (AvgIpc) is 3.03. The van der Waals surface area contributed by atoms with E-state index in [1.54, 1.807) is 11.3 Å². The number of hydrogen-bond acceptors (Lipinski definition) is 5. The van der Waals surface area contributed by atoms with Crippen LogP contribution in [0.15, 0.2) is 35.3 Å². The molecular formula is C15H20N4S. The Morgan fingerprint density at radius 2 is 2.05 bits per heavy atom. The van der Waals surface area contributed by atoms with Gasteiger partial charge in [-0.15, -0.1) is 0 Å². The van der Waals surface area contributed by atoms with Crippen LogP contribution in [-0.4, -0.2) is 29.1 Å². The fourth-order valence-electron chi connectivity index (χ4n) is 2.67. The second kappa shape index (κ2) is 6.33. The molecule has 3 rings (SSSR count). The van der Waals surface area contributed by atoms with Crippen LogP contribution < -0.4 is 10.2 Å². The molecule has 3 heterocycles. The highest BCUT2D eigenvalue weighted by atomic mass is 32.1. The SMILES string of the molecule is CC(NC1CCN(c2ncccn2)CC1)c1ccsc1. The lowest BCUT2D eigenvalue weighted by atomic mass is 10.0. The van der Waals surface area contributed by atoms with E-state index in [-0.39, 0.29) is 0 Å². The van der Waals surface area contributed by atoms with Gasteiger partial charge in [-0.1, -0.05) is 0 Å². The number of hydrogen-bond donors (Lipinski definition) is 1. The van der Waals surface area contributed by atoms with Crippen LogP contribution in [0.4, 0.5) is 5.95 Å². The molecule has 1 aliphatic rings. The van der Waals surface area contributed by atoms with E-state index in [0.717, 1.165) is 31.9 Å². The number of rotatable bonds is 4. The molecule has 0 amide bonds. The van der Waals surface area contributed by atoms with Crippen molar-refractivity contribution in [3.63, 3.8) is 0 Å². The normalized spacial score (nSPS) is 18.1. The summed E-state index contributed by atoms with van der Waals surface area (Å²) in [6, 6.07) is 5.09. The van der Waals surface area contributed by atoms with Crippen LogP contribution in [0.5, 0.6) is 0 Å². The number of nitrogens with one attached hydrogen (secondary N) is 1. The third-order valence-electron chi connectivity index (χ3n) is 3.86. The maximum Gasteiger partial charge on any atom is 0.225 e. The van der Waals surface area contributed by atoms with Crippen LogP contribution in [-0.2, 0) is 0 Å². The van der Waals surface area contributed by atoms with Gasteiger partial charge in [-0.3, -0.25) is 0 Å². The van der Waals surface area contributed by atoms with Crippen LogP contribution in [0.25, 0.3) is 0 Å². The van der Waals surface area contributed by atoms with Crippen LogP contribution in [0.2, 0.25) is 0 Å². The van der Waals surface area contributed by atoms with Crippen molar-refractivity contribution in [2.45, 2.75) is 31.8 Å². The average molecular weight is 288 g/mol. The zero-order valence-electron chi connectivity index (χ0n) is 11.7. The highest BCUT2D eigenvalue weighted by Crippen LogP contribution is 2.20. The minimum atomic E-state index is 0.436. The fraction of sp³-hybridized carbons (Fsp3) is 0.467. The molecule has 0 saturated carbocycles. The Bertz CT molecular complexity index is 506. The smallest absolute Gasteiger partial charge is 0.225 e. The van der Waals surface area contributed by atoms with E-state index < -0.39 is 0 Å². The Kier molecular flexibility index (Phi) is 4.28. The molecule has 1 unspecified atom stereocenters. The number of aromatic nitrogens is 2. The van der Waals surface area contributed by atoms with Crippen molar-refractivity contribution in [2.24, 2.45) is 0 Å². The Morgan fingerprint density at radius 3 is 2.70 bits per heavy atom. The molecule has 5 heteroatoms. The van der Waals surface area contributed by atoms with E-state index in [2.05, 4.69) is 43.9 Å². The summed E-state index contributed by atoms with van der Waals surface area (Å²) >= 11 is 1.76. The minimum absolute atomic E-state index is 0.436. The predicted molar refractivity (Wildman–Crippen MR) is 83.1 cm³/mol. The molecule has 4 nitrogen and oxygen atoms in total. The van der Waals surface area contributed by atoms with Crippen molar-refractivity contribution in [3.05, 3.63) is 40.8 Å². The van der Waals surface area contributed by atoms with Gasteiger partial charge in [0.2, 0.25) is 5.95 Å². The van der Waals surface area contributed by atoms with Crippen LogP contribution >= 0.6 is 11.3 Å². The van der Waals surface area contributed by atoms with Crippen molar-refractivity contribution in [1.82, 2.24) is 15.3 Å². The van der Waals surface area contributed by atoms with E-state index in [0.29, 0.717) is 12.1 Å². The molecule has 106 valence electrons. The highest BCUT2D eigenvalue weighted by molar-refractivity contribution is 7.07. The van der Waals surface area contributed by atoms with Gasteiger partial charge >= 0.3 is 0 Å². The lowest BCUT2D eigenvalue weighted by molar-refractivity contribution is 0.379. The quantitative estimate of drug-likeness (QED) is 0.939. The molecule has 1 aliphatic heterocycles. The second-order valence-corrected chi connectivity index (χ2v) is 6.04. The first kappa shape index (κ1) is 13.5. The topological polar surface area (TPSA) is 41.0 Å². The van der Waals surface area contributed by atoms with Crippen LogP contribution in [0.3, 0.4) is 0 Å².